The number of nitrogens with zero attached hydrogens (tertiary/aromatic N) is 4. The molecule has 3 aromatic heterocycles. The van der Waals surface area contributed by atoms with Crippen LogP contribution >= 0.6 is 0 Å². The molecule has 0 unspecified atom stereocenters. The molecule has 6 rings (SSSR count). The van der Waals surface area contributed by atoms with Crippen LogP contribution in [0.5, 0.6) is 0 Å². The molecule has 0 atom stereocenters. The van der Waals surface area contributed by atoms with Gasteiger partial charge in [-0.25, -0.2) is 9.97 Å². The van der Waals surface area contributed by atoms with Crippen molar-refractivity contribution in [3.63, 3.8) is 0 Å². The van der Waals surface area contributed by atoms with Gasteiger partial charge < -0.3 is 9.97 Å². The topological polar surface area (TPSA) is 54.0 Å². The Morgan fingerprint density at radius 3 is 1.86 bits per heavy atom. The molecule has 174 valence electrons. The fourth-order valence-electron chi connectivity index (χ4n) is 4.17. The van der Waals surface area contributed by atoms with Crippen molar-refractivity contribution in [1.29, 1.82) is 0 Å². The maximum Gasteiger partial charge on any atom is 2.00 e. The number of aromatic nitrogens is 4. The molecule has 2 aliphatic rings. The van der Waals surface area contributed by atoms with Crippen LogP contribution in [0.15, 0.2) is 66.7 Å². The molecule has 6 heteroatoms. The van der Waals surface area contributed by atoms with Crippen LogP contribution < -0.4 is 9.97 Å². The average molecular weight is 546 g/mol. The van der Waals surface area contributed by atoms with Crippen LogP contribution in [-0.4, -0.2) is 18.0 Å². The zero-order valence-corrected chi connectivity index (χ0v) is 25.1. The van der Waals surface area contributed by atoms with E-state index >= 15 is 0 Å². The van der Waals surface area contributed by atoms with Gasteiger partial charge in [0.1, 0.15) is 8.07 Å². The monoisotopic (exact) mass is 544 g/mol. The maximum absolute atomic E-state index is 4.94. The summed E-state index contributed by atoms with van der Waals surface area (Å²) >= 11 is 0. The van der Waals surface area contributed by atoms with E-state index < -0.39 is 8.07 Å². The second kappa shape index (κ2) is 9.94. The van der Waals surface area contributed by atoms with Crippen LogP contribution in [0, 0.1) is 11.5 Å². The van der Waals surface area contributed by atoms with Gasteiger partial charge in [0.05, 0.1) is 22.8 Å². The minimum Gasteiger partial charge on any atom is -0.658 e. The zero-order chi connectivity index (χ0) is 24.7. The third kappa shape index (κ3) is 5.64. The van der Waals surface area contributed by atoms with Crippen molar-refractivity contribution in [3.05, 3.63) is 95.1 Å². The summed E-state index contributed by atoms with van der Waals surface area (Å²) < 4.78 is 0. The SMILES string of the molecule is C[Si](C)(C)C#Cc1ccc(-c2c3nc(cc4ccc(cc5nc(cc6ccc2[n-]6)C=C5)[n-]4)C=C3)cc1.[Zn+2]. The van der Waals surface area contributed by atoms with Crippen molar-refractivity contribution in [3.8, 4) is 22.6 Å². The molecular formula is C31H24N4SiZn. The summed E-state index contributed by atoms with van der Waals surface area (Å²) in [5.41, 5.74) is 13.5. The average Bonchev–Trinajstić information content (AvgIpc) is 3.64. The summed E-state index contributed by atoms with van der Waals surface area (Å²) in [5, 5.41) is 0. The summed E-state index contributed by atoms with van der Waals surface area (Å²) in [6.45, 7) is 6.76. The summed E-state index contributed by atoms with van der Waals surface area (Å²) in [4.78, 5) is 19.3. The van der Waals surface area contributed by atoms with Gasteiger partial charge in [-0.05, 0) is 47.6 Å². The zero-order valence-electron chi connectivity index (χ0n) is 21.2. The summed E-state index contributed by atoms with van der Waals surface area (Å²) in [5.74, 6) is 3.34. The van der Waals surface area contributed by atoms with E-state index in [1.165, 1.54) is 0 Å². The van der Waals surface area contributed by atoms with Gasteiger partial charge in [0.15, 0.2) is 0 Å². The number of benzene rings is 1. The largest absolute Gasteiger partial charge is 2.00 e. The number of hydrogen-bond acceptors (Lipinski definition) is 2. The summed E-state index contributed by atoms with van der Waals surface area (Å²) in [6, 6.07) is 22.5. The molecule has 8 bridgehead atoms. The van der Waals surface area contributed by atoms with Crippen molar-refractivity contribution in [2.45, 2.75) is 19.6 Å². The van der Waals surface area contributed by atoms with E-state index in [9.17, 15) is 0 Å². The standard InChI is InChI=1S/C31H24N4Si.Zn/c1-36(2,3)17-16-21-4-6-22(7-5-21)31-29-14-12-27(34-29)19-25-10-8-23(32-25)18-24-9-11-26(33-24)20-28-13-15-30(31)35-28;/h4-15,18-20H,1-3H3;/q-2;+2. The Bertz CT molecular complexity index is 1770. The minimum absolute atomic E-state index is 0. The van der Waals surface area contributed by atoms with E-state index in [-0.39, 0.29) is 19.5 Å². The van der Waals surface area contributed by atoms with Crippen LogP contribution in [0.1, 0.15) is 28.3 Å². The molecule has 0 radical (unpaired) electrons. The maximum atomic E-state index is 4.94. The molecule has 0 saturated carbocycles. The van der Waals surface area contributed by atoms with Gasteiger partial charge in [-0.15, -0.1) is 27.6 Å². The number of fused-ring (bicyclic) bond motifs is 8. The van der Waals surface area contributed by atoms with Gasteiger partial charge in [0.25, 0.3) is 0 Å². The Labute approximate surface area is 230 Å². The first-order valence-electron chi connectivity index (χ1n) is 12.0. The molecule has 0 N–H and O–H groups in total. The molecule has 2 aliphatic heterocycles. The second-order valence-corrected chi connectivity index (χ2v) is 14.7. The predicted octanol–water partition coefficient (Wildman–Crippen LogP) is 6.81. The Hall–Kier alpha value is -3.78. The van der Waals surface area contributed by atoms with Gasteiger partial charge in [0.2, 0.25) is 0 Å². The molecule has 37 heavy (non-hydrogen) atoms. The summed E-state index contributed by atoms with van der Waals surface area (Å²) in [6.07, 6.45) is 8.08. The van der Waals surface area contributed by atoms with Gasteiger partial charge in [-0.3, -0.25) is 0 Å². The van der Waals surface area contributed by atoms with Gasteiger partial charge in [0, 0.05) is 5.56 Å². The molecule has 0 amide bonds. The smallest absolute Gasteiger partial charge is 0.658 e. The van der Waals surface area contributed by atoms with Crippen LogP contribution in [0.3, 0.4) is 0 Å². The van der Waals surface area contributed by atoms with Crippen LogP contribution in [0.25, 0.3) is 57.5 Å². The van der Waals surface area contributed by atoms with Crippen LogP contribution in [0.2, 0.25) is 19.6 Å². The van der Waals surface area contributed by atoms with Gasteiger partial charge in [-0.2, -0.15) is 0 Å². The Morgan fingerprint density at radius 1 is 0.649 bits per heavy atom. The van der Waals surface area contributed by atoms with E-state index in [2.05, 4.69) is 67.5 Å². The quantitative estimate of drug-likeness (QED) is 0.168. The van der Waals surface area contributed by atoms with E-state index in [0.717, 1.165) is 61.5 Å². The Kier molecular flexibility index (Phi) is 6.69. The first-order valence-corrected chi connectivity index (χ1v) is 15.5. The van der Waals surface area contributed by atoms with Crippen molar-refractivity contribution in [2.24, 2.45) is 0 Å². The molecule has 0 spiro atoms. The molecule has 0 fully saturated rings. The van der Waals surface area contributed by atoms with E-state index in [1.807, 2.05) is 54.6 Å². The third-order valence-corrected chi connectivity index (χ3v) is 6.72. The third-order valence-electron chi connectivity index (χ3n) is 5.84. The Morgan fingerprint density at radius 2 is 1.22 bits per heavy atom. The Balaban J connectivity index is 0.00000280. The molecule has 5 heterocycles. The van der Waals surface area contributed by atoms with Crippen LogP contribution in [0.4, 0.5) is 0 Å². The van der Waals surface area contributed by atoms with Gasteiger partial charge >= 0.3 is 19.5 Å². The molecular weight excluding hydrogens is 522 g/mol. The fraction of sp³-hybridized carbons (Fsp3) is 0.0968. The molecule has 0 aliphatic carbocycles. The van der Waals surface area contributed by atoms with Crippen molar-refractivity contribution < 1.29 is 19.5 Å². The molecule has 4 aromatic rings. The first kappa shape index (κ1) is 24.9. The predicted molar refractivity (Wildman–Crippen MR) is 152 cm³/mol. The van der Waals surface area contributed by atoms with Crippen molar-refractivity contribution in [2.75, 3.05) is 0 Å². The first-order chi connectivity index (χ1) is 17.4. The number of hydrogen-bond donors (Lipinski definition) is 0. The second-order valence-electron chi connectivity index (χ2n) is 9.99. The minimum atomic E-state index is -1.44. The normalized spacial score (nSPS) is 12.1. The molecule has 0 saturated heterocycles. The van der Waals surface area contributed by atoms with Gasteiger partial charge in [-0.1, -0.05) is 80.2 Å². The van der Waals surface area contributed by atoms with Crippen LogP contribution in [-0.2, 0) is 19.5 Å². The van der Waals surface area contributed by atoms with E-state index in [4.69, 9.17) is 19.9 Å². The summed E-state index contributed by atoms with van der Waals surface area (Å²) in [7, 11) is -1.44. The fourth-order valence-corrected chi connectivity index (χ4v) is 4.69. The van der Waals surface area contributed by atoms with Crippen molar-refractivity contribution >= 4 is 54.4 Å². The van der Waals surface area contributed by atoms with E-state index in [1.54, 1.807) is 0 Å². The molecule has 1 aromatic carbocycles. The van der Waals surface area contributed by atoms with E-state index in [0.29, 0.717) is 0 Å². The molecule has 4 nitrogen and oxygen atoms in total. The number of rotatable bonds is 1. The van der Waals surface area contributed by atoms with Crippen molar-refractivity contribution in [1.82, 2.24) is 19.9 Å².